The zero-order valence-electron chi connectivity index (χ0n) is 40.1. The van der Waals surface area contributed by atoms with E-state index in [4.69, 9.17) is 4.74 Å². The number of rotatable bonds is 12. The fourth-order valence-corrected chi connectivity index (χ4v) is 11.6. The minimum absolute atomic E-state index is 0.142. The Hall–Kier alpha value is -7.42. The maximum atomic E-state index is 6.60. The molecule has 2 atom stereocenters. The molecule has 0 amide bonds. The molecular formula is C66H59NO. The Kier molecular flexibility index (Phi) is 11.0. The number of anilines is 3. The van der Waals surface area contributed by atoms with E-state index in [1.54, 1.807) is 0 Å². The van der Waals surface area contributed by atoms with Gasteiger partial charge in [-0.1, -0.05) is 199 Å². The molecule has 0 aliphatic heterocycles. The summed E-state index contributed by atoms with van der Waals surface area (Å²) in [6.45, 7) is 14.0. The van der Waals surface area contributed by atoms with Gasteiger partial charge in [0.2, 0.25) is 0 Å². The minimum atomic E-state index is -0.601. The first-order valence-electron chi connectivity index (χ1n) is 24.5. The maximum absolute atomic E-state index is 6.60. The number of hydrogen-bond acceptors (Lipinski definition) is 2. The van der Waals surface area contributed by atoms with Gasteiger partial charge in [0.25, 0.3) is 0 Å². The zero-order valence-corrected chi connectivity index (χ0v) is 40.1. The van der Waals surface area contributed by atoms with Gasteiger partial charge in [-0.3, -0.25) is 0 Å². The van der Waals surface area contributed by atoms with E-state index < -0.39 is 5.41 Å². The third-order valence-electron chi connectivity index (χ3n) is 14.9. The van der Waals surface area contributed by atoms with Crippen molar-refractivity contribution in [3.8, 4) is 44.9 Å². The molecule has 2 nitrogen and oxygen atoms in total. The molecule has 0 spiro atoms. The Morgan fingerprint density at radius 2 is 0.882 bits per heavy atom. The average Bonchev–Trinajstić information content (AvgIpc) is 3.79. The van der Waals surface area contributed by atoms with Crippen LogP contribution >= 0.6 is 0 Å². The maximum Gasteiger partial charge on any atom is 0.127 e. The first-order chi connectivity index (χ1) is 33.1. The quantitative estimate of drug-likeness (QED) is 0.121. The molecule has 334 valence electrons. The van der Waals surface area contributed by atoms with Crippen molar-refractivity contribution >= 4 is 17.1 Å². The van der Waals surface area contributed by atoms with Crippen molar-refractivity contribution in [2.45, 2.75) is 64.7 Å². The molecule has 2 unspecified atom stereocenters. The van der Waals surface area contributed by atoms with E-state index in [0.29, 0.717) is 17.8 Å². The van der Waals surface area contributed by atoms with Crippen molar-refractivity contribution in [1.29, 1.82) is 0 Å². The van der Waals surface area contributed by atoms with E-state index in [1.165, 1.54) is 78.7 Å². The molecular weight excluding hydrogens is 823 g/mol. The van der Waals surface area contributed by atoms with Gasteiger partial charge in [-0.05, 0) is 157 Å². The van der Waals surface area contributed by atoms with Crippen LogP contribution in [0.25, 0.3) is 33.4 Å². The highest BCUT2D eigenvalue weighted by molar-refractivity contribution is 5.91. The first kappa shape index (κ1) is 43.2. The molecule has 0 saturated heterocycles. The van der Waals surface area contributed by atoms with Crippen LogP contribution in [0.2, 0.25) is 0 Å². The number of benzene rings is 9. The average molecular weight is 882 g/mol. The Morgan fingerprint density at radius 3 is 1.50 bits per heavy atom. The third-order valence-corrected chi connectivity index (χ3v) is 14.9. The smallest absolute Gasteiger partial charge is 0.127 e. The second kappa shape index (κ2) is 17.3. The van der Waals surface area contributed by atoms with E-state index in [-0.39, 0.29) is 5.41 Å². The molecule has 9 aromatic rings. The summed E-state index contributed by atoms with van der Waals surface area (Å²) in [5, 5.41) is 0. The highest BCUT2D eigenvalue weighted by Gasteiger charge is 2.46. The molecule has 0 saturated carbocycles. The molecule has 0 aromatic heterocycles. The topological polar surface area (TPSA) is 12.5 Å². The summed E-state index contributed by atoms with van der Waals surface area (Å²) >= 11 is 0. The lowest BCUT2D eigenvalue weighted by Crippen LogP contribution is -2.28. The van der Waals surface area contributed by atoms with E-state index in [0.717, 1.165) is 28.6 Å². The Labute approximate surface area is 403 Å². The lowest BCUT2D eigenvalue weighted by atomic mass is 9.67. The molecule has 68 heavy (non-hydrogen) atoms. The van der Waals surface area contributed by atoms with Crippen LogP contribution in [0.5, 0.6) is 11.5 Å². The highest BCUT2D eigenvalue weighted by atomic mass is 16.5. The van der Waals surface area contributed by atoms with Gasteiger partial charge >= 0.3 is 0 Å². The fourth-order valence-electron chi connectivity index (χ4n) is 11.6. The number of hydrogen-bond donors (Lipinski definition) is 0. The van der Waals surface area contributed by atoms with Gasteiger partial charge < -0.3 is 9.64 Å². The Morgan fingerprint density at radius 1 is 0.412 bits per heavy atom. The van der Waals surface area contributed by atoms with E-state index in [9.17, 15) is 0 Å². The summed E-state index contributed by atoms with van der Waals surface area (Å²) in [6, 6.07) is 80.6. The van der Waals surface area contributed by atoms with Crippen molar-refractivity contribution in [3.05, 3.63) is 257 Å². The van der Waals surface area contributed by atoms with Crippen LogP contribution in [0.4, 0.5) is 17.1 Å². The van der Waals surface area contributed by atoms with Crippen molar-refractivity contribution in [3.63, 3.8) is 0 Å². The third kappa shape index (κ3) is 7.35. The van der Waals surface area contributed by atoms with Crippen molar-refractivity contribution in [2.75, 3.05) is 4.90 Å². The Balaban J connectivity index is 1.04. The van der Waals surface area contributed by atoms with Crippen LogP contribution in [0.3, 0.4) is 0 Å². The zero-order chi connectivity index (χ0) is 46.6. The summed E-state index contributed by atoms with van der Waals surface area (Å²) in [5.41, 5.74) is 19.2. The lowest BCUT2D eigenvalue weighted by Gasteiger charge is -2.35. The molecule has 11 rings (SSSR count). The van der Waals surface area contributed by atoms with Crippen molar-refractivity contribution in [2.24, 2.45) is 11.8 Å². The normalized spacial score (nSPS) is 15.6. The molecule has 0 heterocycles. The standard InChI is InChI=1S/C66H59NO/c1-44(2)41-60(45(3)4)48-27-35-54(36-28-48)68-55-37-29-50(30-38-55)66(49-19-11-8-12-20-49)62-24-16-14-22-57(62)59-40-34-53(43-64(59)66)67(51-31-25-47(26-32-51)46-17-9-7-10-18-46)52-33-39-58-56-21-13-15-23-61(56)65(5,6)63(58)42-52/h7-40,42-45,60H,41H2,1-6H3. The number of nitrogens with zero attached hydrogens (tertiary/aromatic N) is 1. The summed E-state index contributed by atoms with van der Waals surface area (Å²) in [7, 11) is 0. The van der Waals surface area contributed by atoms with Gasteiger partial charge in [-0.15, -0.1) is 0 Å². The number of ether oxygens (including phenoxy) is 1. The van der Waals surface area contributed by atoms with E-state index in [2.05, 4.69) is 265 Å². The summed E-state index contributed by atoms with van der Waals surface area (Å²) in [6.07, 6.45) is 1.18. The van der Waals surface area contributed by atoms with Crippen LogP contribution in [0.1, 0.15) is 92.8 Å². The van der Waals surface area contributed by atoms with Crippen molar-refractivity contribution < 1.29 is 4.74 Å². The van der Waals surface area contributed by atoms with Gasteiger partial charge in [-0.2, -0.15) is 0 Å². The summed E-state index contributed by atoms with van der Waals surface area (Å²) < 4.78 is 6.60. The monoisotopic (exact) mass is 881 g/mol. The molecule has 2 aliphatic rings. The molecule has 2 heteroatoms. The van der Waals surface area contributed by atoms with Crippen LogP contribution in [-0.2, 0) is 10.8 Å². The SMILES string of the molecule is CC(C)CC(c1ccc(Oc2ccc(C3(c4ccccc4)c4ccccc4-c4ccc(N(c5ccc(-c6ccccc6)cc5)c5ccc6c(c5)C(C)(C)c5ccccc5-6)cc43)cc2)cc1)C(C)C. The van der Waals surface area contributed by atoms with E-state index >= 15 is 0 Å². The fraction of sp³-hybridized carbons (Fsp3) is 0.182. The second-order valence-electron chi connectivity index (χ2n) is 20.2. The largest absolute Gasteiger partial charge is 0.457 e. The predicted molar refractivity (Wildman–Crippen MR) is 285 cm³/mol. The van der Waals surface area contributed by atoms with Crippen LogP contribution in [0, 0.1) is 11.8 Å². The molecule has 0 N–H and O–H groups in total. The van der Waals surface area contributed by atoms with Crippen molar-refractivity contribution in [1.82, 2.24) is 0 Å². The predicted octanol–water partition coefficient (Wildman–Crippen LogP) is 18.1. The summed E-state index contributed by atoms with van der Waals surface area (Å²) in [4.78, 5) is 2.46. The lowest BCUT2D eigenvalue weighted by molar-refractivity contribution is 0.407. The van der Waals surface area contributed by atoms with Crippen LogP contribution < -0.4 is 9.64 Å². The van der Waals surface area contributed by atoms with Gasteiger partial charge in [0.15, 0.2) is 0 Å². The number of fused-ring (bicyclic) bond motifs is 6. The molecule has 9 aromatic carbocycles. The molecule has 0 fully saturated rings. The van der Waals surface area contributed by atoms with Gasteiger partial charge in [0.1, 0.15) is 11.5 Å². The van der Waals surface area contributed by atoms with Crippen LogP contribution in [-0.4, -0.2) is 0 Å². The summed E-state index contributed by atoms with van der Waals surface area (Å²) in [5.74, 6) is 3.42. The molecule has 2 aliphatic carbocycles. The van der Waals surface area contributed by atoms with E-state index in [1.807, 2.05) is 0 Å². The second-order valence-corrected chi connectivity index (χ2v) is 20.2. The Bertz CT molecular complexity index is 3240. The highest BCUT2D eigenvalue weighted by Crippen LogP contribution is 2.58. The molecule has 0 radical (unpaired) electrons. The first-order valence-corrected chi connectivity index (χ1v) is 24.5. The van der Waals surface area contributed by atoms with Gasteiger partial charge in [0.05, 0.1) is 5.41 Å². The molecule has 0 bridgehead atoms. The van der Waals surface area contributed by atoms with Gasteiger partial charge in [-0.25, -0.2) is 0 Å². The van der Waals surface area contributed by atoms with Gasteiger partial charge in [0, 0.05) is 22.5 Å². The minimum Gasteiger partial charge on any atom is -0.457 e. The van der Waals surface area contributed by atoms with Crippen LogP contribution in [0.15, 0.2) is 218 Å².